The number of ether oxygens (including phenoxy) is 1. The second kappa shape index (κ2) is 9.49. The number of para-hydroxylation sites is 1. The van der Waals surface area contributed by atoms with Gasteiger partial charge in [-0.1, -0.05) is 35.9 Å². The number of nitrogens with zero attached hydrogens (tertiary/aromatic N) is 1. The molecule has 0 aliphatic rings. The predicted octanol–water partition coefficient (Wildman–Crippen LogP) is 5.54. The number of amides is 2. The second-order valence-electron chi connectivity index (χ2n) is 7.50. The Morgan fingerprint density at radius 2 is 1.68 bits per heavy atom. The first-order valence-corrected chi connectivity index (χ1v) is 9.88. The Morgan fingerprint density at radius 1 is 1.00 bits per heavy atom. The van der Waals surface area contributed by atoms with Crippen LogP contribution in [0.15, 0.2) is 66.9 Å². The standard InChI is InChI=1S/C23H22ClN3O4/c1-23(2,21(28)29)14-31-20-12-9-16(13-25-20)15-7-10-17(11-8-15)26-22(30)27-19-6-4-3-5-18(19)24/h3-13H,14H2,1-2H3,(H,28,29)(H2,26,27,30). The van der Waals surface area contributed by atoms with Crippen molar-refractivity contribution in [3.63, 3.8) is 0 Å². The van der Waals surface area contributed by atoms with Gasteiger partial charge < -0.3 is 20.5 Å². The fourth-order valence-electron chi connectivity index (χ4n) is 2.55. The van der Waals surface area contributed by atoms with Crippen LogP contribution in [0.2, 0.25) is 5.02 Å². The van der Waals surface area contributed by atoms with E-state index >= 15 is 0 Å². The molecule has 0 atom stereocenters. The molecular weight excluding hydrogens is 418 g/mol. The maximum atomic E-state index is 12.2. The summed E-state index contributed by atoms with van der Waals surface area (Å²) >= 11 is 6.04. The van der Waals surface area contributed by atoms with E-state index in [1.807, 2.05) is 18.2 Å². The number of carboxylic acids is 1. The van der Waals surface area contributed by atoms with Crippen LogP contribution in [0, 0.1) is 5.41 Å². The summed E-state index contributed by atoms with van der Waals surface area (Å²) in [7, 11) is 0. The second-order valence-corrected chi connectivity index (χ2v) is 7.91. The summed E-state index contributed by atoms with van der Waals surface area (Å²) in [6.07, 6.45) is 1.65. The zero-order valence-corrected chi connectivity index (χ0v) is 17.8. The molecule has 0 saturated carbocycles. The molecule has 2 aromatic carbocycles. The molecule has 7 nitrogen and oxygen atoms in total. The maximum absolute atomic E-state index is 12.2. The summed E-state index contributed by atoms with van der Waals surface area (Å²) in [6, 6.07) is 17.4. The first-order valence-electron chi connectivity index (χ1n) is 9.50. The van der Waals surface area contributed by atoms with Crippen LogP contribution in [-0.4, -0.2) is 28.7 Å². The number of anilines is 2. The van der Waals surface area contributed by atoms with Gasteiger partial charge in [0.2, 0.25) is 5.88 Å². The van der Waals surface area contributed by atoms with E-state index in [4.69, 9.17) is 21.4 Å². The number of halogens is 1. The van der Waals surface area contributed by atoms with Crippen LogP contribution in [-0.2, 0) is 4.79 Å². The van der Waals surface area contributed by atoms with Crippen LogP contribution in [0.25, 0.3) is 11.1 Å². The number of carbonyl (C=O) groups is 2. The van der Waals surface area contributed by atoms with E-state index in [2.05, 4.69) is 15.6 Å². The fourth-order valence-corrected chi connectivity index (χ4v) is 2.73. The molecule has 1 heterocycles. The highest BCUT2D eigenvalue weighted by atomic mass is 35.5. The van der Waals surface area contributed by atoms with E-state index in [0.29, 0.717) is 22.3 Å². The molecule has 0 radical (unpaired) electrons. The molecule has 31 heavy (non-hydrogen) atoms. The number of hydrogen-bond acceptors (Lipinski definition) is 4. The van der Waals surface area contributed by atoms with Crippen molar-refractivity contribution in [1.82, 2.24) is 4.98 Å². The van der Waals surface area contributed by atoms with Crippen molar-refractivity contribution in [2.45, 2.75) is 13.8 Å². The number of aliphatic carboxylic acids is 1. The van der Waals surface area contributed by atoms with Gasteiger partial charge in [-0.2, -0.15) is 0 Å². The van der Waals surface area contributed by atoms with Gasteiger partial charge in [0.25, 0.3) is 0 Å². The van der Waals surface area contributed by atoms with Gasteiger partial charge in [0.05, 0.1) is 16.1 Å². The summed E-state index contributed by atoms with van der Waals surface area (Å²) < 4.78 is 5.49. The van der Waals surface area contributed by atoms with Gasteiger partial charge in [0, 0.05) is 23.5 Å². The molecule has 160 valence electrons. The lowest BCUT2D eigenvalue weighted by Crippen LogP contribution is -2.30. The minimum absolute atomic E-state index is 0.0192. The number of hydrogen-bond donors (Lipinski definition) is 3. The van der Waals surface area contributed by atoms with Gasteiger partial charge in [-0.05, 0) is 49.7 Å². The third-order valence-corrected chi connectivity index (χ3v) is 4.82. The summed E-state index contributed by atoms with van der Waals surface area (Å²) in [5, 5.41) is 15.0. The predicted molar refractivity (Wildman–Crippen MR) is 121 cm³/mol. The third kappa shape index (κ3) is 5.96. The van der Waals surface area contributed by atoms with Crippen LogP contribution in [0.1, 0.15) is 13.8 Å². The highest BCUT2D eigenvalue weighted by Crippen LogP contribution is 2.24. The zero-order valence-electron chi connectivity index (χ0n) is 17.1. The average molecular weight is 440 g/mol. The fraction of sp³-hybridized carbons (Fsp3) is 0.174. The van der Waals surface area contributed by atoms with E-state index in [0.717, 1.165) is 11.1 Å². The molecule has 3 rings (SSSR count). The van der Waals surface area contributed by atoms with E-state index in [1.54, 1.807) is 62.5 Å². The first kappa shape index (κ1) is 22.1. The molecule has 0 aliphatic heterocycles. The van der Waals surface area contributed by atoms with Gasteiger partial charge >= 0.3 is 12.0 Å². The molecule has 1 aromatic heterocycles. The Bertz CT molecular complexity index is 1070. The molecule has 0 bridgehead atoms. The number of carboxylic acid groups (broad SMARTS) is 1. The van der Waals surface area contributed by atoms with Gasteiger partial charge in [0.15, 0.2) is 0 Å². The average Bonchev–Trinajstić information content (AvgIpc) is 2.75. The van der Waals surface area contributed by atoms with Gasteiger partial charge in [-0.3, -0.25) is 4.79 Å². The Kier molecular flexibility index (Phi) is 6.77. The molecular formula is C23H22ClN3O4. The SMILES string of the molecule is CC(C)(COc1ccc(-c2ccc(NC(=O)Nc3ccccc3Cl)cc2)cn1)C(=O)O. The smallest absolute Gasteiger partial charge is 0.323 e. The minimum Gasteiger partial charge on any atom is -0.481 e. The minimum atomic E-state index is -0.999. The van der Waals surface area contributed by atoms with Gasteiger partial charge in [-0.25, -0.2) is 9.78 Å². The highest BCUT2D eigenvalue weighted by molar-refractivity contribution is 6.33. The normalized spacial score (nSPS) is 10.9. The lowest BCUT2D eigenvalue weighted by atomic mass is 9.95. The van der Waals surface area contributed by atoms with E-state index in [9.17, 15) is 9.59 Å². The molecule has 3 aromatic rings. The van der Waals surface area contributed by atoms with E-state index in [-0.39, 0.29) is 6.61 Å². The van der Waals surface area contributed by atoms with Crippen LogP contribution >= 0.6 is 11.6 Å². The number of nitrogens with one attached hydrogen (secondary N) is 2. The molecule has 3 N–H and O–H groups in total. The summed E-state index contributed by atoms with van der Waals surface area (Å²) in [4.78, 5) is 27.5. The Morgan fingerprint density at radius 3 is 2.29 bits per heavy atom. The number of benzene rings is 2. The Labute approximate surface area is 185 Å². The molecule has 0 fully saturated rings. The number of pyridine rings is 1. The largest absolute Gasteiger partial charge is 0.481 e. The third-order valence-electron chi connectivity index (χ3n) is 4.49. The molecule has 0 unspecified atom stereocenters. The van der Waals surface area contributed by atoms with Crippen molar-refractivity contribution in [1.29, 1.82) is 0 Å². The topological polar surface area (TPSA) is 101 Å². The lowest BCUT2D eigenvalue weighted by Gasteiger charge is -2.19. The van der Waals surface area contributed by atoms with Crippen molar-refractivity contribution in [2.75, 3.05) is 17.2 Å². The quantitative estimate of drug-likeness (QED) is 0.449. The number of carbonyl (C=O) groups excluding carboxylic acids is 1. The number of urea groups is 1. The molecule has 2 amide bonds. The van der Waals surface area contributed by atoms with Crippen LogP contribution in [0.4, 0.5) is 16.2 Å². The van der Waals surface area contributed by atoms with Gasteiger partial charge in [-0.15, -0.1) is 0 Å². The van der Waals surface area contributed by atoms with Crippen LogP contribution in [0.3, 0.4) is 0 Å². The van der Waals surface area contributed by atoms with E-state index < -0.39 is 17.4 Å². The zero-order chi connectivity index (χ0) is 22.4. The Hall–Kier alpha value is -3.58. The lowest BCUT2D eigenvalue weighted by molar-refractivity contribution is -0.148. The summed E-state index contributed by atoms with van der Waals surface area (Å²) in [5.74, 6) is -0.578. The molecule has 8 heteroatoms. The van der Waals surface area contributed by atoms with Crippen molar-refractivity contribution in [3.8, 4) is 17.0 Å². The molecule has 0 aliphatic carbocycles. The highest BCUT2D eigenvalue weighted by Gasteiger charge is 2.28. The first-order chi connectivity index (χ1) is 14.7. The number of rotatable bonds is 7. The van der Waals surface area contributed by atoms with Crippen molar-refractivity contribution in [2.24, 2.45) is 5.41 Å². The van der Waals surface area contributed by atoms with Crippen molar-refractivity contribution < 1.29 is 19.4 Å². The van der Waals surface area contributed by atoms with Gasteiger partial charge in [0.1, 0.15) is 6.61 Å². The van der Waals surface area contributed by atoms with Crippen molar-refractivity contribution >= 4 is 35.0 Å². The van der Waals surface area contributed by atoms with Crippen LogP contribution in [0.5, 0.6) is 5.88 Å². The van der Waals surface area contributed by atoms with Crippen molar-refractivity contribution in [3.05, 3.63) is 71.9 Å². The Balaban J connectivity index is 1.59. The molecule has 0 saturated heterocycles. The monoisotopic (exact) mass is 439 g/mol. The maximum Gasteiger partial charge on any atom is 0.323 e. The summed E-state index contributed by atoms with van der Waals surface area (Å²) in [5.41, 5.74) is 1.91. The van der Waals surface area contributed by atoms with E-state index in [1.165, 1.54) is 0 Å². The van der Waals surface area contributed by atoms with Crippen LogP contribution < -0.4 is 15.4 Å². The molecule has 0 spiro atoms. The number of aromatic nitrogens is 1. The summed E-state index contributed by atoms with van der Waals surface area (Å²) in [6.45, 7) is 3.20.